The first-order chi connectivity index (χ1) is 10.9. The molecule has 0 saturated heterocycles. The van der Waals surface area contributed by atoms with Gasteiger partial charge >= 0.3 is 0 Å². The molecule has 2 fully saturated rings. The summed E-state index contributed by atoms with van der Waals surface area (Å²) in [6.07, 6.45) is 10.8. The minimum absolute atomic E-state index is 0.386. The van der Waals surface area contributed by atoms with Crippen LogP contribution in [-0.2, 0) is 0 Å². The highest BCUT2D eigenvalue weighted by molar-refractivity contribution is 5.37. The van der Waals surface area contributed by atoms with Gasteiger partial charge < -0.3 is 10.2 Å². The minimum Gasteiger partial charge on any atom is -0.392 e. The highest BCUT2D eigenvalue weighted by Gasteiger charge is 2.56. The highest BCUT2D eigenvalue weighted by Crippen LogP contribution is 2.64. The number of hydrogen-bond acceptors (Lipinski definition) is 2. The molecular weight excluding hydrogens is 284 g/mol. The number of fused-ring (bicyclic) bond motifs is 4. The maximum Gasteiger partial charge on any atom is 0.0692 e. The van der Waals surface area contributed by atoms with Crippen LogP contribution in [0.4, 0.5) is 0 Å². The zero-order valence-electron chi connectivity index (χ0n) is 15.1. The lowest BCUT2D eigenvalue weighted by molar-refractivity contribution is -0.0347. The average molecular weight is 319 g/mol. The van der Waals surface area contributed by atoms with E-state index in [1.165, 1.54) is 50.5 Å². The summed E-state index contributed by atoms with van der Waals surface area (Å²) < 4.78 is 0. The fourth-order valence-corrected chi connectivity index (χ4v) is 7.11. The molecule has 2 unspecified atom stereocenters. The van der Waals surface area contributed by atoms with Crippen molar-refractivity contribution in [1.82, 2.24) is 0 Å². The lowest BCUT2D eigenvalue weighted by Crippen LogP contribution is -2.47. The van der Waals surface area contributed by atoms with Crippen molar-refractivity contribution in [2.45, 2.75) is 90.8 Å². The zero-order valence-corrected chi connectivity index (χ0v) is 15.1. The van der Waals surface area contributed by atoms with Gasteiger partial charge in [0.15, 0.2) is 0 Å². The number of aliphatic hydroxyl groups is 2. The Kier molecular flexibility index (Phi) is 3.74. The van der Waals surface area contributed by atoms with E-state index in [9.17, 15) is 10.2 Å². The van der Waals surface area contributed by atoms with Gasteiger partial charge in [0.2, 0.25) is 0 Å². The van der Waals surface area contributed by atoms with Gasteiger partial charge in [-0.1, -0.05) is 37.8 Å². The van der Waals surface area contributed by atoms with E-state index in [1.807, 2.05) is 6.92 Å². The third kappa shape index (κ3) is 2.07. The third-order valence-corrected chi connectivity index (χ3v) is 8.77. The molecule has 2 N–H and O–H groups in total. The summed E-state index contributed by atoms with van der Waals surface area (Å²) in [6.45, 7) is 6.54. The molecule has 2 nitrogen and oxygen atoms in total. The van der Waals surface area contributed by atoms with Crippen molar-refractivity contribution in [3.05, 3.63) is 11.1 Å². The molecule has 0 aromatic rings. The van der Waals surface area contributed by atoms with Gasteiger partial charge in [0.25, 0.3) is 0 Å². The largest absolute Gasteiger partial charge is 0.392 e. The smallest absolute Gasteiger partial charge is 0.0692 e. The molecule has 0 radical (unpaired) electrons. The lowest BCUT2D eigenvalue weighted by Gasteiger charge is -2.56. The van der Waals surface area contributed by atoms with Crippen LogP contribution >= 0.6 is 0 Å². The molecule has 0 spiro atoms. The molecule has 4 aliphatic rings. The quantitative estimate of drug-likeness (QED) is 0.701. The second-order valence-electron chi connectivity index (χ2n) is 9.46. The molecule has 2 heteroatoms. The van der Waals surface area contributed by atoms with Crippen molar-refractivity contribution >= 4 is 0 Å². The summed E-state index contributed by atoms with van der Waals surface area (Å²) in [4.78, 5) is 0. The molecule has 23 heavy (non-hydrogen) atoms. The first-order valence-corrected chi connectivity index (χ1v) is 9.97. The number of hydrogen-bond donors (Lipinski definition) is 2. The first kappa shape index (κ1) is 16.1. The van der Waals surface area contributed by atoms with Crippen LogP contribution in [0.5, 0.6) is 0 Å². The van der Waals surface area contributed by atoms with Gasteiger partial charge in [0.05, 0.1) is 12.2 Å². The van der Waals surface area contributed by atoms with E-state index in [2.05, 4.69) is 13.8 Å². The van der Waals surface area contributed by atoms with Gasteiger partial charge in [-0.3, -0.25) is 0 Å². The Morgan fingerprint density at radius 3 is 2.61 bits per heavy atom. The molecule has 0 amide bonds. The molecule has 2 saturated carbocycles. The molecule has 0 bridgehead atoms. The van der Waals surface area contributed by atoms with Crippen LogP contribution in [0.25, 0.3) is 0 Å². The van der Waals surface area contributed by atoms with Crippen molar-refractivity contribution < 1.29 is 10.2 Å². The summed E-state index contributed by atoms with van der Waals surface area (Å²) in [5.41, 5.74) is 3.13. The van der Waals surface area contributed by atoms with Crippen LogP contribution < -0.4 is 0 Å². The molecule has 0 aliphatic heterocycles. The highest BCUT2D eigenvalue weighted by atomic mass is 16.3. The van der Waals surface area contributed by atoms with Crippen molar-refractivity contribution in [3.63, 3.8) is 0 Å². The SMILES string of the molecule is CC(O)[C@@]1(C)C2=C(C[C@H]1O)[C@@H]1CCC3CCCC[C@]3(C)[C@H]1CC2. The second-order valence-corrected chi connectivity index (χ2v) is 9.46. The zero-order chi connectivity index (χ0) is 16.4. The average Bonchev–Trinajstić information content (AvgIpc) is 2.79. The van der Waals surface area contributed by atoms with E-state index in [0.29, 0.717) is 11.3 Å². The number of rotatable bonds is 1. The normalized spacial score (nSPS) is 51.0. The second kappa shape index (κ2) is 5.33. The first-order valence-electron chi connectivity index (χ1n) is 9.97. The Labute approximate surface area is 141 Å². The maximum absolute atomic E-state index is 10.7. The van der Waals surface area contributed by atoms with Crippen molar-refractivity contribution in [1.29, 1.82) is 0 Å². The van der Waals surface area contributed by atoms with Gasteiger partial charge in [-0.25, -0.2) is 0 Å². The molecule has 0 aromatic heterocycles. The van der Waals surface area contributed by atoms with Crippen molar-refractivity contribution in [2.24, 2.45) is 28.6 Å². The third-order valence-electron chi connectivity index (χ3n) is 8.77. The number of aliphatic hydroxyl groups excluding tert-OH is 2. The van der Waals surface area contributed by atoms with E-state index >= 15 is 0 Å². The Morgan fingerprint density at radius 2 is 1.87 bits per heavy atom. The summed E-state index contributed by atoms with van der Waals surface area (Å²) in [5, 5.41) is 21.1. The van der Waals surface area contributed by atoms with E-state index in [4.69, 9.17) is 0 Å². The molecule has 7 atom stereocenters. The van der Waals surface area contributed by atoms with Crippen molar-refractivity contribution in [2.75, 3.05) is 0 Å². The van der Waals surface area contributed by atoms with Crippen LogP contribution in [-0.4, -0.2) is 22.4 Å². The summed E-state index contributed by atoms with van der Waals surface area (Å²) >= 11 is 0. The van der Waals surface area contributed by atoms with Crippen LogP contribution in [0.3, 0.4) is 0 Å². The summed E-state index contributed by atoms with van der Waals surface area (Å²) in [7, 11) is 0. The van der Waals surface area contributed by atoms with Gasteiger partial charge in [-0.2, -0.15) is 0 Å². The van der Waals surface area contributed by atoms with Gasteiger partial charge in [-0.15, -0.1) is 0 Å². The van der Waals surface area contributed by atoms with E-state index < -0.39 is 11.5 Å². The monoisotopic (exact) mass is 318 g/mol. The minimum atomic E-state index is -0.455. The molecule has 0 aromatic carbocycles. The van der Waals surface area contributed by atoms with Gasteiger partial charge in [0, 0.05) is 5.41 Å². The standard InChI is InChI=1S/C21H34O2/c1-13(22)21(3)18-10-9-17-15(16(18)12-19(21)23)8-7-14-6-4-5-11-20(14,17)2/h13-15,17,19,22-23H,4-12H2,1-3H3/t13?,14?,15-,17-,19+,20-,21-/m0/s1. The van der Waals surface area contributed by atoms with Gasteiger partial charge in [-0.05, 0) is 75.0 Å². The Balaban J connectivity index is 1.70. The summed E-state index contributed by atoms with van der Waals surface area (Å²) in [5.74, 6) is 2.45. The fraction of sp³-hybridized carbons (Fsp3) is 0.905. The van der Waals surface area contributed by atoms with E-state index in [1.54, 1.807) is 5.57 Å². The van der Waals surface area contributed by atoms with Crippen LogP contribution in [0.15, 0.2) is 11.1 Å². The Bertz CT molecular complexity index is 522. The van der Waals surface area contributed by atoms with Gasteiger partial charge in [0.1, 0.15) is 0 Å². The fourth-order valence-electron chi connectivity index (χ4n) is 7.11. The van der Waals surface area contributed by atoms with Crippen LogP contribution in [0.2, 0.25) is 0 Å². The topological polar surface area (TPSA) is 40.5 Å². The maximum atomic E-state index is 10.7. The van der Waals surface area contributed by atoms with E-state index in [0.717, 1.165) is 24.7 Å². The predicted molar refractivity (Wildman–Crippen MR) is 93.0 cm³/mol. The Morgan fingerprint density at radius 1 is 1.09 bits per heavy atom. The van der Waals surface area contributed by atoms with Crippen molar-refractivity contribution in [3.8, 4) is 0 Å². The molecular formula is C21H34O2. The van der Waals surface area contributed by atoms with E-state index in [-0.39, 0.29) is 6.10 Å². The molecule has 4 aliphatic carbocycles. The molecule has 4 rings (SSSR count). The Hall–Kier alpha value is -0.340. The summed E-state index contributed by atoms with van der Waals surface area (Å²) in [6, 6.07) is 0. The van der Waals surface area contributed by atoms with Crippen LogP contribution in [0, 0.1) is 28.6 Å². The predicted octanol–water partition coefficient (Wildman–Crippen LogP) is 4.45. The van der Waals surface area contributed by atoms with Crippen LogP contribution in [0.1, 0.15) is 78.6 Å². The molecule has 0 heterocycles. The lowest BCUT2D eigenvalue weighted by atomic mass is 9.49. The molecule has 130 valence electrons.